The van der Waals surface area contributed by atoms with E-state index in [0.29, 0.717) is 29.1 Å². The maximum atomic E-state index is 12.7. The fourth-order valence-electron chi connectivity index (χ4n) is 4.05. The Bertz CT molecular complexity index is 1300. The molecule has 1 fully saturated rings. The Balaban J connectivity index is 1.23. The van der Waals surface area contributed by atoms with Crippen LogP contribution in [0.25, 0.3) is 11.2 Å². The summed E-state index contributed by atoms with van der Waals surface area (Å²) in [6, 6.07) is 8.79. The molecular formula is C23H23F3N6O3S. The molecule has 1 saturated heterocycles. The van der Waals surface area contributed by atoms with Gasteiger partial charge in [-0.1, -0.05) is 18.2 Å². The molecule has 4 aromatic rings. The van der Waals surface area contributed by atoms with Gasteiger partial charge in [0.2, 0.25) is 0 Å². The first-order valence-electron chi connectivity index (χ1n) is 11.1. The number of nitrogens with one attached hydrogen (secondary N) is 2. The lowest BCUT2D eigenvalue weighted by Crippen LogP contribution is -2.37. The first-order chi connectivity index (χ1) is 17.3. The number of benzene rings is 1. The fourth-order valence-corrected chi connectivity index (χ4v) is 4.69. The second-order valence-corrected chi connectivity index (χ2v) is 9.38. The van der Waals surface area contributed by atoms with Gasteiger partial charge in [0.15, 0.2) is 23.2 Å². The molecule has 190 valence electrons. The highest BCUT2D eigenvalue weighted by Gasteiger charge is 2.44. The molecule has 1 aromatic carbocycles. The molecule has 4 N–H and O–H groups in total. The SMILES string of the molecule is O[C@@H]1[C@H](O)[C@@H](CNCc2ccc(C(F)(F)F)cc2)O[C@H]1n1cnc2c(NCc3cccs3)ncnc21. The summed E-state index contributed by atoms with van der Waals surface area (Å²) in [5.74, 6) is 0.537. The summed E-state index contributed by atoms with van der Waals surface area (Å²) in [5.41, 5.74) is 0.872. The van der Waals surface area contributed by atoms with Gasteiger partial charge < -0.3 is 25.6 Å². The number of imidazole rings is 1. The van der Waals surface area contributed by atoms with Crippen LogP contribution in [-0.2, 0) is 24.0 Å². The van der Waals surface area contributed by atoms with Crippen molar-refractivity contribution >= 4 is 28.3 Å². The number of hydrogen-bond acceptors (Lipinski definition) is 9. The van der Waals surface area contributed by atoms with E-state index in [4.69, 9.17) is 4.74 Å². The smallest absolute Gasteiger partial charge is 0.387 e. The summed E-state index contributed by atoms with van der Waals surface area (Å²) in [6.07, 6.45) is -5.63. The number of alkyl halides is 3. The highest BCUT2D eigenvalue weighted by atomic mass is 32.1. The van der Waals surface area contributed by atoms with Crippen LogP contribution in [0, 0.1) is 0 Å². The summed E-state index contributed by atoms with van der Waals surface area (Å²) in [7, 11) is 0. The number of rotatable bonds is 8. The van der Waals surface area contributed by atoms with Crippen LogP contribution >= 0.6 is 11.3 Å². The van der Waals surface area contributed by atoms with Gasteiger partial charge in [-0.25, -0.2) is 15.0 Å². The molecule has 1 aliphatic heterocycles. The third-order valence-corrected chi connectivity index (χ3v) is 6.81. The number of ether oxygens (including phenoxy) is 1. The largest absolute Gasteiger partial charge is 0.416 e. The van der Waals surface area contributed by atoms with Gasteiger partial charge in [-0.2, -0.15) is 13.2 Å². The number of nitrogens with zero attached hydrogens (tertiary/aromatic N) is 4. The van der Waals surface area contributed by atoms with Crippen LogP contribution in [0.5, 0.6) is 0 Å². The van der Waals surface area contributed by atoms with Gasteiger partial charge in [-0.05, 0) is 29.1 Å². The zero-order chi connectivity index (χ0) is 25.3. The number of aliphatic hydroxyl groups is 2. The number of thiophene rings is 1. The summed E-state index contributed by atoms with van der Waals surface area (Å²) in [6.45, 7) is 1.02. The van der Waals surface area contributed by atoms with E-state index < -0.39 is 36.3 Å². The Morgan fingerprint density at radius 3 is 2.56 bits per heavy atom. The summed E-state index contributed by atoms with van der Waals surface area (Å²) < 4.78 is 45.7. The number of halogens is 3. The minimum atomic E-state index is -4.39. The fraction of sp³-hybridized carbons (Fsp3) is 0.348. The van der Waals surface area contributed by atoms with Gasteiger partial charge in [0.25, 0.3) is 0 Å². The first kappa shape index (κ1) is 24.6. The number of hydrogen-bond donors (Lipinski definition) is 4. The standard InChI is InChI=1S/C23H23F3N6O3S/c24-23(25,26)14-5-3-13(4-6-14)8-27-10-16-18(33)19(34)22(35-16)32-12-31-17-20(29-11-30-21(17)32)28-9-15-2-1-7-36-15/h1-7,11-12,16,18-19,22,27,33-34H,8-10H2,(H,28,29,30)/t16-,18-,19-,22-/m1/s1. The van der Waals surface area contributed by atoms with E-state index >= 15 is 0 Å². The zero-order valence-electron chi connectivity index (χ0n) is 18.8. The zero-order valence-corrected chi connectivity index (χ0v) is 19.6. The number of aromatic nitrogens is 4. The Labute approximate surface area is 207 Å². The average Bonchev–Trinajstić information content (AvgIpc) is 3.59. The molecule has 0 unspecified atom stereocenters. The Morgan fingerprint density at radius 2 is 1.83 bits per heavy atom. The molecular weight excluding hydrogens is 497 g/mol. The minimum absolute atomic E-state index is 0.172. The summed E-state index contributed by atoms with van der Waals surface area (Å²) in [5, 5.41) is 29.5. The Kier molecular flexibility index (Phi) is 6.90. The van der Waals surface area contributed by atoms with E-state index in [0.717, 1.165) is 17.0 Å². The summed E-state index contributed by atoms with van der Waals surface area (Å²) in [4.78, 5) is 14.1. The second kappa shape index (κ2) is 10.1. The van der Waals surface area contributed by atoms with Crippen LogP contribution in [0.3, 0.4) is 0 Å². The van der Waals surface area contributed by atoms with Gasteiger partial charge in [0.1, 0.15) is 24.6 Å². The molecule has 13 heteroatoms. The monoisotopic (exact) mass is 520 g/mol. The predicted molar refractivity (Wildman–Crippen MR) is 126 cm³/mol. The molecule has 9 nitrogen and oxygen atoms in total. The average molecular weight is 521 g/mol. The molecule has 0 bridgehead atoms. The van der Waals surface area contributed by atoms with Crippen LogP contribution in [0.1, 0.15) is 22.2 Å². The Hall–Kier alpha value is -3.10. The van der Waals surface area contributed by atoms with E-state index in [-0.39, 0.29) is 13.1 Å². The van der Waals surface area contributed by atoms with Crippen molar-refractivity contribution < 1.29 is 28.1 Å². The van der Waals surface area contributed by atoms with Gasteiger partial charge in [-0.3, -0.25) is 4.57 Å². The van der Waals surface area contributed by atoms with Gasteiger partial charge >= 0.3 is 6.18 Å². The number of anilines is 1. The molecule has 4 atom stereocenters. The van der Waals surface area contributed by atoms with Gasteiger partial charge in [0, 0.05) is 18.0 Å². The Morgan fingerprint density at radius 1 is 1.03 bits per heavy atom. The molecule has 3 aromatic heterocycles. The second-order valence-electron chi connectivity index (χ2n) is 8.35. The maximum absolute atomic E-state index is 12.7. The maximum Gasteiger partial charge on any atom is 0.416 e. The van der Waals surface area contributed by atoms with Crippen molar-refractivity contribution in [3.8, 4) is 0 Å². The van der Waals surface area contributed by atoms with Crippen molar-refractivity contribution in [2.45, 2.75) is 43.8 Å². The lowest BCUT2D eigenvalue weighted by Gasteiger charge is -2.17. The minimum Gasteiger partial charge on any atom is -0.387 e. The molecule has 1 aliphatic rings. The topological polar surface area (TPSA) is 117 Å². The van der Waals surface area contributed by atoms with E-state index in [2.05, 4.69) is 25.6 Å². The lowest BCUT2D eigenvalue weighted by molar-refractivity contribution is -0.137. The first-order valence-corrected chi connectivity index (χ1v) is 12.0. The normalized spacial score (nSPS) is 22.4. The van der Waals surface area contributed by atoms with Crippen molar-refractivity contribution in [3.63, 3.8) is 0 Å². The molecule has 0 amide bonds. The van der Waals surface area contributed by atoms with E-state index in [1.165, 1.54) is 24.8 Å². The van der Waals surface area contributed by atoms with Crippen LogP contribution in [0.15, 0.2) is 54.4 Å². The van der Waals surface area contributed by atoms with Crippen molar-refractivity contribution in [2.24, 2.45) is 0 Å². The third kappa shape index (κ3) is 5.06. The predicted octanol–water partition coefficient (Wildman–Crippen LogP) is 2.93. The van der Waals surface area contributed by atoms with Crippen molar-refractivity contribution in [1.82, 2.24) is 24.8 Å². The van der Waals surface area contributed by atoms with Crippen LogP contribution in [0.2, 0.25) is 0 Å². The summed E-state index contributed by atoms with van der Waals surface area (Å²) >= 11 is 1.62. The van der Waals surface area contributed by atoms with E-state index in [1.807, 2.05) is 17.5 Å². The molecule has 0 saturated carbocycles. The number of aliphatic hydroxyl groups excluding tert-OH is 2. The van der Waals surface area contributed by atoms with Crippen LogP contribution < -0.4 is 10.6 Å². The van der Waals surface area contributed by atoms with Crippen molar-refractivity contribution in [3.05, 3.63) is 70.4 Å². The van der Waals surface area contributed by atoms with Crippen molar-refractivity contribution in [2.75, 3.05) is 11.9 Å². The van der Waals surface area contributed by atoms with Crippen molar-refractivity contribution in [1.29, 1.82) is 0 Å². The molecule has 4 heterocycles. The van der Waals surface area contributed by atoms with Gasteiger partial charge in [0.05, 0.1) is 18.4 Å². The van der Waals surface area contributed by atoms with E-state index in [9.17, 15) is 23.4 Å². The van der Waals surface area contributed by atoms with Crippen LogP contribution in [-0.4, -0.2) is 54.6 Å². The molecule has 36 heavy (non-hydrogen) atoms. The molecule has 0 spiro atoms. The molecule has 5 rings (SSSR count). The lowest BCUT2D eigenvalue weighted by atomic mass is 10.1. The quantitative estimate of drug-likeness (QED) is 0.280. The van der Waals surface area contributed by atoms with Gasteiger partial charge in [-0.15, -0.1) is 11.3 Å². The third-order valence-electron chi connectivity index (χ3n) is 5.94. The molecule has 0 aliphatic carbocycles. The highest BCUT2D eigenvalue weighted by molar-refractivity contribution is 7.09. The van der Waals surface area contributed by atoms with Crippen LogP contribution in [0.4, 0.5) is 19.0 Å². The molecule has 0 radical (unpaired) electrons. The number of fused-ring (bicyclic) bond motifs is 1. The van der Waals surface area contributed by atoms with E-state index in [1.54, 1.807) is 15.9 Å². The highest BCUT2D eigenvalue weighted by Crippen LogP contribution is 2.32.